The van der Waals surface area contributed by atoms with E-state index in [1.54, 1.807) is 0 Å². The van der Waals surface area contributed by atoms with E-state index >= 15 is 0 Å². The largest absolute Gasteiger partial charge is 0.354 e. The Morgan fingerprint density at radius 2 is 2.04 bits per heavy atom. The van der Waals surface area contributed by atoms with Gasteiger partial charge in [0.05, 0.1) is 6.20 Å². The maximum absolute atomic E-state index is 12.0. The number of aryl methyl sites for hydroxylation is 1. The smallest absolute Gasteiger partial charge is 0.241 e. The highest BCUT2D eigenvalue weighted by Crippen LogP contribution is 2.06. The van der Waals surface area contributed by atoms with Crippen molar-refractivity contribution in [3.8, 4) is 0 Å². The Labute approximate surface area is 154 Å². The summed E-state index contributed by atoms with van der Waals surface area (Å²) in [5.74, 6) is -0.113. The Kier molecular flexibility index (Phi) is 6.90. The summed E-state index contributed by atoms with van der Waals surface area (Å²) in [7, 11) is -1.75. The van der Waals surface area contributed by atoms with Crippen LogP contribution < -0.4 is 10.5 Å². The van der Waals surface area contributed by atoms with E-state index in [1.807, 2.05) is 25.2 Å². The van der Waals surface area contributed by atoms with Crippen LogP contribution in [0.2, 0.25) is 0 Å². The van der Waals surface area contributed by atoms with Gasteiger partial charge in [-0.05, 0) is 19.5 Å². The van der Waals surface area contributed by atoms with Crippen molar-refractivity contribution >= 4 is 15.9 Å². The number of carbonyl (C=O) groups is 1. The molecule has 0 spiro atoms. The van der Waals surface area contributed by atoms with E-state index in [9.17, 15) is 13.2 Å². The molecule has 3 N–H and O–H groups in total. The summed E-state index contributed by atoms with van der Waals surface area (Å²) in [6.45, 7) is 3.68. The zero-order valence-electron chi connectivity index (χ0n) is 15.0. The van der Waals surface area contributed by atoms with Crippen molar-refractivity contribution in [1.29, 1.82) is 0 Å². The van der Waals surface area contributed by atoms with Gasteiger partial charge in [-0.1, -0.05) is 30.3 Å². The van der Waals surface area contributed by atoms with Gasteiger partial charge in [0.1, 0.15) is 4.90 Å². The zero-order valence-corrected chi connectivity index (χ0v) is 15.8. The number of likely N-dealkylation sites (N-methyl/N-ethyl adjacent to an activating group) is 1. The molecule has 0 bridgehead atoms. The quantitative estimate of drug-likeness (QED) is 0.661. The average molecular weight is 379 g/mol. The summed E-state index contributed by atoms with van der Waals surface area (Å²) < 4.78 is 23.8. The summed E-state index contributed by atoms with van der Waals surface area (Å²) in [5, 5.41) is 11.8. The summed E-state index contributed by atoms with van der Waals surface area (Å²) in [4.78, 5) is 14.1. The third-order valence-electron chi connectivity index (χ3n) is 4.13. The number of nitrogens with two attached hydrogens (primary N) is 1. The lowest BCUT2D eigenvalue weighted by Crippen LogP contribution is -2.40. The molecule has 0 saturated heterocycles. The highest BCUT2D eigenvalue weighted by molar-refractivity contribution is 7.89. The Morgan fingerprint density at radius 1 is 1.35 bits per heavy atom. The number of hydrogen-bond acceptors (Lipinski definition) is 5. The first-order valence-corrected chi connectivity index (χ1v) is 9.86. The molecule has 26 heavy (non-hydrogen) atoms. The van der Waals surface area contributed by atoms with E-state index in [1.165, 1.54) is 22.6 Å². The predicted molar refractivity (Wildman–Crippen MR) is 98.6 cm³/mol. The number of sulfonamides is 1. The second kappa shape index (κ2) is 8.93. The van der Waals surface area contributed by atoms with Gasteiger partial charge < -0.3 is 5.32 Å². The monoisotopic (exact) mass is 379 g/mol. The molecule has 0 radical (unpaired) electrons. The van der Waals surface area contributed by atoms with Crippen molar-refractivity contribution in [3.63, 3.8) is 0 Å². The van der Waals surface area contributed by atoms with Crippen LogP contribution in [-0.2, 0) is 27.9 Å². The zero-order chi connectivity index (χ0) is 19.2. The fourth-order valence-corrected chi connectivity index (χ4v) is 2.83. The van der Waals surface area contributed by atoms with E-state index in [4.69, 9.17) is 5.14 Å². The predicted octanol–water partition coefficient (Wildman–Crippen LogP) is 0.557. The van der Waals surface area contributed by atoms with Crippen molar-refractivity contribution < 1.29 is 13.2 Å². The molecule has 8 nitrogen and oxygen atoms in total. The molecule has 0 saturated carbocycles. The van der Waals surface area contributed by atoms with Gasteiger partial charge >= 0.3 is 0 Å². The van der Waals surface area contributed by atoms with Gasteiger partial charge in [0.2, 0.25) is 15.9 Å². The summed E-state index contributed by atoms with van der Waals surface area (Å²) >= 11 is 0. The van der Waals surface area contributed by atoms with Gasteiger partial charge in [-0.25, -0.2) is 13.6 Å². The number of carbonyl (C=O) groups excluding carboxylic acids is 1. The van der Waals surface area contributed by atoms with Crippen molar-refractivity contribution in [1.82, 2.24) is 20.0 Å². The fourth-order valence-electron chi connectivity index (χ4n) is 2.36. The number of aromatic nitrogens is 2. The van der Waals surface area contributed by atoms with Crippen LogP contribution >= 0.6 is 0 Å². The lowest BCUT2D eigenvalue weighted by atomic mass is 10.2. The van der Waals surface area contributed by atoms with Crippen LogP contribution in [0.1, 0.15) is 18.9 Å². The SMILES string of the molecule is CC(CNC(=O)CCn1cc(S(N)(=O)=O)cn1)N(C)Cc1ccccc1. The van der Waals surface area contributed by atoms with Crippen LogP contribution in [-0.4, -0.2) is 48.6 Å². The molecule has 1 heterocycles. The maximum Gasteiger partial charge on any atom is 0.241 e. The van der Waals surface area contributed by atoms with Gasteiger partial charge in [-0.15, -0.1) is 0 Å². The molecule has 142 valence electrons. The van der Waals surface area contributed by atoms with Crippen LogP contribution in [0.25, 0.3) is 0 Å². The molecule has 1 aromatic heterocycles. The molecule has 0 fully saturated rings. The van der Waals surface area contributed by atoms with E-state index in [0.717, 1.165) is 6.54 Å². The molecule has 1 unspecified atom stereocenters. The first kappa shape index (κ1) is 20.1. The number of amides is 1. The third-order valence-corrected chi connectivity index (χ3v) is 5.00. The standard InChI is InChI=1S/C17H25N5O3S/c1-14(21(2)12-15-6-4-3-5-7-15)10-19-17(23)8-9-22-13-16(11-20-22)26(18,24)25/h3-7,11,13-14H,8-10,12H2,1-2H3,(H,19,23)(H2,18,24,25). The molecule has 0 aliphatic rings. The fraction of sp³-hybridized carbons (Fsp3) is 0.412. The Bertz CT molecular complexity index is 820. The van der Waals surface area contributed by atoms with Gasteiger partial charge in [0, 0.05) is 38.3 Å². The molecule has 1 atom stereocenters. The van der Waals surface area contributed by atoms with Gasteiger partial charge in [-0.2, -0.15) is 5.10 Å². The lowest BCUT2D eigenvalue weighted by molar-refractivity contribution is -0.121. The first-order valence-electron chi connectivity index (χ1n) is 8.32. The molecule has 1 aromatic carbocycles. The van der Waals surface area contributed by atoms with Crippen molar-refractivity contribution in [2.24, 2.45) is 5.14 Å². The number of benzene rings is 1. The molecule has 1 amide bonds. The summed E-state index contributed by atoms with van der Waals surface area (Å²) in [6.07, 6.45) is 2.70. The second-order valence-corrected chi connectivity index (χ2v) is 7.85. The number of rotatable bonds is 9. The second-order valence-electron chi connectivity index (χ2n) is 6.29. The van der Waals surface area contributed by atoms with E-state index in [-0.39, 0.29) is 29.8 Å². The maximum atomic E-state index is 12.0. The van der Waals surface area contributed by atoms with Crippen LogP contribution in [0, 0.1) is 0 Å². The molecule has 0 aliphatic carbocycles. The Hall–Kier alpha value is -2.23. The first-order chi connectivity index (χ1) is 12.3. The lowest BCUT2D eigenvalue weighted by Gasteiger charge is -2.25. The minimum Gasteiger partial charge on any atom is -0.354 e. The van der Waals surface area contributed by atoms with E-state index < -0.39 is 10.0 Å². The van der Waals surface area contributed by atoms with Gasteiger partial charge in [-0.3, -0.25) is 14.4 Å². The minimum atomic E-state index is -3.77. The molecular formula is C17H25N5O3S. The number of nitrogens with one attached hydrogen (secondary N) is 1. The Morgan fingerprint density at radius 3 is 2.65 bits per heavy atom. The Balaban J connectivity index is 1.73. The van der Waals surface area contributed by atoms with Gasteiger partial charge in [0.25, 0.3) is 0 Å². The highest BCUT2D eigenvalue weighted by Gasteiger charge is 2.13. The third kappa shape index (κ3) is 6.25. The molecule has 9 heteroatoms. The normalized spacial score (nSPS) is 12.9. The van der Waals surface area contributed by atoms with Crippen LogP contribution in [0.5, 0.6) is 0 Å². The number of primary sulfonamides is 1. The molecule has 2 aromatic rings. The van der Waals surface area contributed by atoms with Gasteiger partial charge in [0.15, 0.2) is 0 Å². The van der Waals surface area contributed by atoms with Crippen molar-refractivity contribution in [2.75, 3.05) is 13.6 Å². The minimum absolute atomic E-state index is 0.0610. The number of hydrogen-bond donors (Lipinski definition) is 2. The summed E-state index contributed by atoms with van der Waals surface area (Å²) in [5.41, 5.74) is 1.22. The molecular weight excluding hydrogens is 354 g/mol. The van der Waals surface area contributed by atoms with Crippen LogP contribution in [0.15, 0.2) is 47.6 Å². The molecule has 0 aliphatic heterocycles. The average Bonchev–Trinajstić information content (AvgIpc) is 3.08. The topological polar surface area (TPSA) is 110 Å². The highest BCUT2D eigenvalue weighted by atomic mass is 32.2. The summed E-state index contributed by atoms with van der Waals surface area (Å²) in [6, 6.07) is 10.3. The van der Waals surface area contributed by atoms with Crippen LogP contribution in [0.4, 0.5) is 0 Å². The van der Waals surface area contributed by atoms with Crippen molar-refractivity contribution in [2.45, 2.75) is 37.4 Å². The number of nitrogens with zero attached hydrogens (tertiary/aromatic N) is 3. The van der Waals surface area contributed by atoms with E-state index in [2.05, 4.69) is 34.4 Å². The van der Waals surface area contributed by atoms with E-state index in [0.29, 0.717) is 6.54 Å². The molecule has 2 rings (SSSR count). The van der Waals surface area contributed by atoms with Crippen LogP contribution in [0.3, 0.4) is 0 Å². The van der Waals surface area contributed by atoms with Crippen molar-refractivity contribution in [3.05, 3.63) is 48.3 Å².